The van der Waals surface area contributed by atoms with Gasteiger partial charge in [-0.2, -0.15) is 0 Å². The molecule has 0 radical (unpaired) electrons. The number of anilines is 1. The zero-order chi connectivity index (χ0) is 12.3. The standard InChI is InChI=1S/C13H18N4/c1-9(2)10(3)8-14-13-15-11-6-4-5-7-12(11)16-17-13/h4-7,9-10H,8H2,1-3H3,(H,14,15,17). The van der Waals surface area contributed by atoms with Crippen LogP contribution < -0.4 is 5.32 Å². The average Bonchev–Trinajstić information content (AvgIpc) is 2.35. The maximum atomic E-state index is 4.42. The third-order valence-electron chi connectivity index (χ3n) is 3.08. The molecule has 0 fully saturated rings. The summed E-state index contributed by atoms with van der Waals surface area (Å²) in [6, 6.07) is 7.75. The molecular formula is C13H18N4. The second-order valence-corrected chi connectivity index (χ2v) is 4.73. The number of hydrogen-bond donors (Lipinski definition) is 1. The molecule has 0 amide bonds. The van der Waals surface area contributed by atoms with Crippen LogP contribution in [0.5, 0.6) is 0 Å². The summed E-state index contributed by atoms with van der Waals surface area (Å²) in [6.07, 6.45) is 0. The molecule has 1 aromatic heterocycles. The fraction of sp³-hybridized carbons (Fsp3) is 0.462. The Kier molecular flexibility index (Phi) is 3.52. The zero-order valence-electron chi connectivity index (χ0n) is 10.5. The Bertz CT molecular complexity index is 495. The van der Waals surface area contributed by atoms with Gasteiger partial charge in [-0.25, -0.2) is 4.98 Å². The molecule has 4 nitrogen and oxygen atoms in total. The number of hydrogen-bond acceptors (Lipinski definition) is 4. The first-order valence-corrected chi connectivity index (χ1v) is 6.00. The Morgan fingerprint density at radius 3 is 2.47 bits per heavy atom. The van der Waals surface area contributed by atoms with E-state index in [1.807, 2.05) is 24.3 Å². The number of fused-ring (bicyclic) bond motifs is 1. The number of aromatic nitrogens is 3. The first-order chi connectivity index (χ1) is 8.16. The summed E-state index contributed by atoms with van der Waals surface area (Å²) >= 11 is 0. The van der Waals surface area contributed by atoms with Gasteiger partial charge in [-0.1, -0.05) is 32.9 Å². The second kappa shape index (κ2) is 5.08. The molecule has 1 aromatic carbocycles. The van der Waals surface area contributed by atoms with Gasteiger partial charge in [-0.3, -0.25) is 0 Å². The van der Waals surface area contributed by atoms with Crippen molar-refractivity contribution < 1.29 is 0 Å². The van der Waals surface area contributed by atoms with Crippen molar-refractivity contribution in [2.45, 2.75) is 20.8 Å². The van der Waals surface area contributed by atoms with Crippen LogP contribution >= 0.6 is 0 Å². The molecule has 0 aliphatic heterocycles. The van der Waals surface area contributed by atoms with Crippen LogP contribution in [0, 0.1) is 11.8 Å². The number of benzene rings is 1. The number of nitrogens with zero attached hydrogens (tertiary/aromatic N) is 3. The van der Waals surface area contributed by atoms with Gasteiger partial charge in [0, 0.05) is 6.54 Å². The van der Waals surface area contributed by atoms with Crippen molar-refractivity contribution in [1.29, 1.82) is 0 Å². The Balaban J connectivity index is 2.09. The van der Waals surface area contributed by atoms with Crippen molar-refractivity contribution in [2.75, 3.05) is 11.9 Å². The highest BCUT2D eigenvalue weighted by molar-refractivity contribution is 5.73. The molecule has 1 N–H and O–H groups in total. The van der Waals surface area contributed by atoms with Crippen LogP contribution in [0.3, 0.4) is 0 Å². The molecule has 2 rings (SSSR count). The van der Waals surface area contributed by atoms with Gasteiger partial charge in [0.25, 0.3) is 0 Å². The molecule has 1 heterocycles. The fourth-order valence-electron chi connectivity index (χ4n) is 1.44. The molecule has 2 aromatic rings. The molecular weight excluding hydrogens is 212 g/mol. The maximum absolute atomic E-state index is 4.42. The topological polar surface area (TPSA) is 50.7 Å². The van der Waals surface area contributed by atoms with Crippen molar-refractivity contribution in [2.24, 2.45) is 11.8 Å². The van der Waals surface area contributed by atoms with Crippen LogP contribution in [0.15, 0.2) is 24.3 Å². The van der Waals surface area contributed by atoms with Crippen molar-refractivity contribution >= 4 is 17.0 Å². The zero-order valence-corrected chi connectivity index (χ0v) is 10.5. The summed E-state index contributed by atoms with van der Waals surface area (Å²) in [7, 11) is 0. The summed E-state index contributed by atoms with van der Waals surface area (Å²) in [5.74, 6) is 1.84. The number of nitrogens with one attached hydrogen (secondary N) is 1. The van der Waals surface area contributed by atoms with Crippen molar-refractivity contribution in [3.05, 3.63) is 24.3 Å². The second-order valence-electron chi connectivity index (χ2n) is 4.73. The minimum atomic E-state index is 0.588. The molecule has 0 aliphatic rings. The highest BCUT2D eigenvalue weighted by Gasteiger charge is 2.07. The van der Waals surface area contributed by atoms with Crippen LogP contribution in [-0.4, -0.2) is 21.7 Å². The summed E-state index contributed by atoms with van der Waals surface area (Å²) in [6.45, 7) is 7.52. The third-order valence-corrected chi connectivity index (χ3v) is 3.08. The van der Waals surface area contributed by atoms with E-state index in [1.165, 1.54) is 0 Å². The minimum absolute atomic E-state index is 0.588. The van der Waals surface area contributed by atoms with Crippen LogP contribution in [-0.2, 0) is 0 Å². The van der Waals surface area contributed by atoms with Crippen LogP contribution in [0.1, 0.15) is 20.8 Å². The largest absolute Gasteiger partial charge is 0.353 e. The van der Waals surface area contributed by atoms with Gasteiger partial charge in [-0.05, 0) is 24.0 Å². The van der Waals surface area contributed by atoms with Crippen LogP contribution in [0.25, 0.3) is 11.0 Å². The monoisotopic (exact) mass is 230 g/mol. The summed E-state index contributed by atoms with van der Waals surface area (Å²) in [5.41, 5.74) is 1.71. The molecule has 17 heavy (non-hydrogen) atoms. The minimum Gasteiger partial charge on any atom is -0.353 e. The van der Waals surface area contributed by atoms with Crippen molar-refractivity contribution in [1.82, 2.24) is 15.2 Å². The number of rotatable bonds is 4. The van der Waals surface area contributed by atoms with E-state index in [9.17, 15) is 0 Å². The van der Waals surface area contributed by atoms with Crippen molar-refractivity contribution in [3.63, 3.8) is 0 Å². The highest BCUT2D eigenvalue weighted by Crippen LogP contribution is 2.12. The van der Waals surface area contributed by atoms with Gasteiger partial charge in [0.15, 0.2) is 0 Å². The summed E-state index contributed by atoms with van der Waals surface area (Å²) in [4.78, 5) is 4.42. The van der Waals surface area contributed by atoms with Gasteiger partial charge in [-0.15, -0.1) is 10.2 Å². The normalized spacial score (nSPS) is 12.9. The molecule has 0 aliphatic carbocycles. The lowest BCUT2D eigenvalue weighted by Crippen LogP contribution is -2.17. The lowest BCUT2D eigenvalue weighted by Gasteiger charge is -2.15. The van der Waals surface area contributed by atoms with E-state index >= 15 is 0 Å². The first-order valence-electron chi connectivity index (χ1n) is 6.00. The van der Waals surface area contributed by atoms with Gasteiger partial charge in [0.05, 0.1) is 5.52 Å². The van der Waals surface area contributed by atoms with E-state index in [0.29, 0.717) is 17.8 Å². The van der Waals surface area contributed by atoms with Gasteiger partial charge in [0.2, 0.25) is 5.95 Å². The average molecular weight is 230 g/mol. The maximum Gasteiger partial charge on any atom is 0.243 e. The van der Waals surface area contributed by atoms with E-state index < -0.39 is 0 Å². The molecule has 0 spiro atoms. The molecule has 1 atom stereocenters. The smallest absolute Gasteiger partial charge is 0.243 e. The molecule has 90 valence electrons. The summed E-state index contributed by atoms with van der Waals surface area (Å²) < 4.78 is 0. The Hall–Kier alpha value is -1.71. The van der Waals surface area contributed by atoms with Gasteiger partial charge >= 0.3 is 0 Å². The Labute approximate surface area is 101 Å². The Morgan fingerprint density at radius 2 is 1.76 bits per heavy atom. The third kappa shape index (κ3) is 2.90. The van der Waals surface area contributed by atoms with Gasteiger partial charge < -0.3 is 5.32 Å². The predicted octanol–water partition coefficient (Wildman–Crippen LogP) is 2.73. The SMILES string of the molecule is CC(C)C(C)CNc1nnc2ccccc2n1. The molecule has 0 saturated heterocycles. The van der Waals surface area contributed by atoms with E-state index in [1.54, 1.807) is 0 Å². The summed E-state index contributed by atoms with van der Waals surface area (Å²) in [5, 5.41) is 11.4. The molecule has 0 saturated carbocycles. The number of para-hydroxylation sites is 1. The predicted molar refractivity (Wildman–Crippen MR) is 69.8 cm³/mol. The van der Waals surface area contributed by atoms with Crippen LogP contribution in [0.2, 0.25) is 0 Å². The fourth-order valence-corrected chi connectivity index (χ4v) is 1.44. The van der Waals surface area contributed by atoms with E-state index in [0.717, 1.165) is 17.6 Å². The van der Waals surface area contributed by atoms with E-state index in [2.05, 4.69) is 41.3 Å². The van der Waals surface area contributed by atoms with E-state index in [-0.39, 0.29) is 0 Å². The lowest BCUT2D eigenvalue weighted by molar-refractivity contribution is 0.439. The first kappa shape index (κ1) is 11.8. The van der Waals surface area contributed by atoms with Gasteiger partial charge in [0.1, 0.15) is 5.52 Å². The Morgan fingerprint density at radius 1 is 1.06 bits per heavy atom. The van der Waals surface area contributed by atoms with E-state index in [4.69, 9.17) is 0 Å². The molecule has 0 bridgehead atoms. The molecule has 1 unspecified atom stereocenters. The lowest BCUT2D eigenvalue weighted by atomic mass is 9.98. The highest BCUT2D eigenvalue weighted by atomic mass is 15.2. The van der Waals surface area contributed by atoms with Crippen LogP contribution in [0.4, 0.5) is 5.95 Å². The van der Waals surface area contributed by atoms with Crippen molar-refractivity contribution in [3.8, 4) is 0 Å². The molecule has 4 heteroatoms. The quantitative estimate of drug-likeness (QED) is 0.877.